The van der Waals surface area contributed by atoms with Crippen molar-refractivity contribution in [2.24, 2.45) is 0 Å². The molecule has 0 fully saturated rings. The van der Waals surface area contributed by atoms with Gasteiger partial charge in [-0.05, 0) is 19.9 Å². The molecule has 0 aromatic carbocycles. The molecule has 0 unspecified atom stereocenters. The summed E-state index contributed by atoms with van der Waals surface area (Å²) in [6, 6.07) is 0. The van der Waals surface area contributed by atoms with Crippen molar-refractivity contribution in [3.8, 4) is 0 Å². The Labute approximate surface area is 38.2 Å². The summed E-state index contributed by atoms with van der Waals surface area (Å²) in [4.78, 5) is 0. The Morgan fingerprint density at radius 1 is 1.83 bits per heavy atom. The van der Waals surface area contributed by atoms with E-state index in [1.165, 1.54) is 6.21 Å². The van der Waals surface area contributed by atoms with Gasteiger partial charge in [-0.15, -0.1) is 0 Å². The molecule has 0 spiro atoms. The first-order valence-electron chi connectivity index (χ1n) is 1.76. The van der Waals surface area contributed by atoms with Crippen LogP contribution in [0.3, 0.4) is 0 Å². The fourth-order valence-corrected chi connectivity index (χ4v) is 0.142. The van der Waals surface area contributed by atoms with E-state index < -0.39 is 0 Å². The number of allylic oxidation sites excluding steroid dienone is 2. The summed E-state index contributed by atoms with van der Waals surface area (Å²) in [5.74, 6) is 0. The second kappa shape index (κ2) is 2.64. The molecule has 1 nitrogen and oxygen atoms in total. The van der Waals surface area contributed by atoms with Crippen molar-refractivity contribution in [2.75, 3.05) is 0 Å². The third-order valence-corrected chi connectivity index (χ3v) is 0.368. The summed E-state index contributed by atoms with van der Waals surface area (Å²) in [7, 11) is 0. The van der Waals surface area contributed by atoms with Crippen molar-refractivity contribution < 1.29 is 0 Å². The Balaban J connectivity index is 3.41. The van der Waals surface area contributed by atoms with Crippen LogP contribution in [0.25, 0.3) is 0 Å². The van der Waals surface area contributed by atoms with Gasteiger partial charge in [-0.1, -0.05) is 5.57 Å². The molecule has 0 heterocycles. The van der Waals surface area contributed by atoms with E-state index in [1.807, 2.05) is 6.92 Å². The number of hydrogen-bond donors (Lipinski definition) is 1. The van der Waals surface area contributed by atoms with Crippen LogP contribution in [0.15, 0.2) is 11.6 Å². The molecule has 6 heavy (non-hydrogen) atoms. The van der Waals surface area contributed by atoms with Crippen molar-refractivity contribution >= 4 is 6.21 Å². The van der Waals surface area contributed by atoms with Gasteiger partial charge in [0.05, 0.1) is 0 Å². The number of nitrogens with one attached hydrogen (secondary N) is 1. The highest BCUT2D eigenvalue weighted by Gasteiger charge is 1.64. The lowest BCUT2D eigenvalue weighted by Crippen LogP contribution is -1.62. The largest absolute Gasteiger partial charge is 0.309 e. The second-order valence-electron chi connectivity index (χ2n) is 1.18. The Morgan fingerprint density at radius 2 is 2.33 bits per heavy atom. The van der Waals surface area contributed by atoms with Gasteiger partial charge in [0.25, 0.3) is 0 Å². The summed E-state index contributed by atoms with van der Waals surface area (Å²) in [5, 5.41) is 6.49. The van der Waals surface area contributed by atoms with E-state index in [2.05, 4.69) is 6.92 Å². The maximum atomic E-state index is 6.49. The van der Waals surface area contributed by atoms with E-state index in [0.29, 0.717) is 0 Å². The van der Waals surface area contributed by atoms with Crippen molar-refractivity contribution in [3.05, 3.63) is 18.6 Å². The monoisotopic (exact) mass is 82.1 g/mol. The highest BCUT2D eigenvalue weighted by Crippen LogP contribution is 1.80. The van der Waals surface area contributed by atoms with Gasteiger partial charge in [0.2, 0.25) is 0 Å². The van der Waals surface area contributed by atoms with Gasteiger partial charge in [0.1, 0.15) is 0 Å². The molecule has 0 aliphatic rings. The van der Waals surface area contributed by atoms with Crippen molar-refractivity contribution in [1.29, 1.82) is 5.41 Å². The summed E-state index contributed by atoms with van der Waals surface area (Å²) in [5.41, 5.74) is 0.921. The molecule has 1 heteroatoms. The lowest BCUT2D eigenvalue weighted by Gasteiger charge is -1.74. The maximum Gasteiger partial charge on any atom is 0.0177 e. The average molecular weight is 82.1 g/mol. The van der Waals surface area contributed by atoms with Crippen molar-refractivity contribution in [1.82, 2.24) is 0 Å². The molecule has 0 saturated heterocycles. The predicted octanol–water partition coefficient (Wildman–Crippen LogP) is 1.42. The molecule has 0 aromatic heterocycles. The lowest BCUT2D eigenvalue weighted by molar-refractivity contribution is 1.52. The molecule has 1 N–H and O–H groups in total. The standard InChI is InChI=1S/C5H8N/c1-5(2)3-4-6/h3-4,6H,1H2,2H3. The summed E-state index contributed by atoms with van der Waals surface area (Å²) in [6.45, 7) is 5.39. The average Bonchev–Trinajstić information content (AvgIpc) is 1.35. The zero-order chi connectivity index (χ0) is 4.99. The second-order valence-corrected chi connectivity index (χ2v) is 1.18. The minimum atomic E-state index is 0.921. The maximum absolute atomic E-state index is 6.49. The molecular formula is C5H8N. The Bertz CT molecular complexity index is 68.0. The molecular weight excluding hydrogens is 74.1 g/mol. The summed E-state index contributed by atoms with van der Waals surface area (Å²) >= 11 is 0. The zero-order valence-corrected chi connectivity index (χ0v) is 3.86. The van der Waals surface area contributed by atoms with Crippen molar-refractivity contribution in [2.45, 2.75) is 6.92 Å². The third kappa shape index (κ3) is 3.41. The minimum absolute atomic E-state index is 0.921. The SMILES string of the molecule is [CH2]C(C)=CC=N. The van der Waals surface area contributed by atoms with E-state index in [-0.39, 0.29) is 0 Å². The first kappa shape index (κ1) is 5.41. The van der Waals surface area contributed by atoms with Gasteiger partial charge in [-0.3, -0.25) is 0 Å². The molecule has 0 aromatic rings. The first-order valence-corrected chi connectivity index (χ1v) is 1.76. The smallest absolute Gasteiger partial charge is 0.0177 e. The third-order valence-electron chi connectivity index (χ3n) is 0.368. The molecule has 1 radical (unpaired) electrons. The van der Waals surface area contributed by atoms with Crippen LogP contribution < -0.4 is 0 Å². The van der Waals surface area contributed by atoms with E-state index in [4.69, 9.17) is 5.41 Å². The van der Waals surface area contributed by atoms with Crippen LogP contribution in [0.1, 0.15) is 6.92 Å². The minimum Gasteiger partial charge on any atom is -0.309 e. The lowest BCUT2D eigenvalue weighted by atomic mass is 10.3. The van der Waals surface area contributed by atoms with E-state index in [0.717, 1.165) is 5.57 Å². The fraction of sp³-hybridized carbons (Fsp3) is 0.200. The van der Waals surface area contributed by atoms with Gasteiger partial charge in [-0.25, -0.2) is 0 Å². The topological polar surface area (TPSA) is 23.9 Å². The molecule has 0 rings (SSSR count). The van der Waals surface area contributed by atoms with Crippen LogP contribution in [0.2, 0.25) is 0 Å². The van der Waals surface area contributed by atoms with Crippen molar-refractivity contribution in [3.63, 3.8) is 0 Å². The van der Waals surface area contributed by atoms with Gasteiger partial charge in [-0.2, -0.15) is 0 Å². The molecule has 33 valence electrons. The van der Waals surface area contributed by atoms with Crippen LogP contribution >= 0.6 is 0 Å². The number of rotatable bonds is 1. The molecule has 0 atom stereocenters. The quantitative estimate of drug-likeness (QED) is 0.462. The summed E-state index contributed by atoms with van der Waals surface area (Å²) in [6.07, 6.45) is 2.86. The predicted molar refractivity (Wildman–Crippen MR) is 27.9 cm³/mol. The van der Waals surface area contributed by atoms with Gasteiger partial charge < -0.3 is 5.41 Å². The molecule has 0 bridgehead atoms. The fourth-order valence-electron chi connectivity index (χ4n) is 0.142. The number of hydrogen-bond acceptors (Lipinski definition) is 1. The van der Waals surface area contributed by atoms with Gasteiger partial charge in [0.15, 0.2) is 0 Å². The van der Waals surface area contributed by atoms with Gasteiger partial charge >= 0.3 is 0 Å². The molecule has 0 aliphatic heterocycles. The first-order chi connectivity index (χ1) is 2.77. The highest BCUT2D eigenvalue weighted by molar-refractivity contribution is 5.68. The Kier molecular flexibility index (Phi) is 2.38. The van der Waals surface area contributed by atoms with Crippen LogP contribution in [0.4, 0.5) is 0 Å². The van der Waals surface area contributed by atoms with Crippen LogP contribution in [0, 0.1) is 12.3 Å². The normalized spacial score (nSPS) is 11.3. The molecule has 0 amide bonds. The van der Waals surface area contributed by atoms with Crippen LogP contribution in [-0.2, 0) is 0 Å². The molecule has 0 aliphatic carbocycles. The van der Waals surface area contributed by atoms with E-state index >= 15 is 0 Å². The van der Waals surface area contributed by atoms with E-state index in [9.17, 15) is 0 Å². The van der Waals surface area contributed by atoms with Gasteiger partial charge in [0, 0.05) is 6.21 Å². The molecule has 0 saturated carbocycles. The van der Waals surface area contributed by atoms with Crippen LogP contribution in [0.5, 0.6) is 0 Å². The highest BCUT2D eigenvalue weighted by atomic mass is 14.3. The zero-order valence-electron chi connectivity index (χ0n) is 3.86. The Morgan fingerprint density at radius 3 is 2.33 bits per heavy atom. The van der Waals surface area contributed by atoms with E-state index in [1.54, 1.807) is 6.08 Å². The van der Waals surface area contributed by atoms with Crippen LogP contribution in [-0.4, -0.2) is 6.21 Å². The Hall–Kier alpha value is -0.590. The summed E-state index contributed by atoms with van der Waals surface area (Å²) < 4.78 is 0.